The topological polar surface area (TPSA) is 47.7 Å². The number of nitrogens with one attached hydrogen (secondary N) is 1. The number of rotatable bonds is 7. The number of hydrazone groups is 1. The van der Waals surface area contributed by atoms with Crippen LogP contribution in [0.1, 0.15) is 11.1 Å². The second-order valence-corrected chi connectivity index (χ2v) is 6.56. The van der Waals surface area contributed by atoms with Gasteiger partial charge in [-0.1, -0.05) is 30.3 Å². The molecule has 1 aliphatic rings. The molecule has 1 aliphatic heterocycles. The molecule has 0 radical (unpaired) electrons. The maximum Gasteiger partial charge on any atom is 0.164 e. The van der Waals surface area contributed by atoms with E-state index in [0.717, 1.165) is 38.3 Å². The molecule has 0 bridgehead atoms. The van der Waals surface area contributed by atoms with Crippen LogP contribution in [0.3, 0.4) is 0 Å². The van der Waals surface area contributed by atoms with Crippen LogP contribution >= 0.6 is 0 Å². The van der Waals surface area contributed by atoms with Crippen LogP contribution in [0.2, 0.25) is 0 Å². The van der Waals surface area contributed by atoms with Gasteiger partial charge in [-0.25, -0.2) is 0 Å². The van der Waals surface area contributed by atoms with E-state index in [1.807, 2.05) is 18.3 Å². The third kappa shape index (κ3) is 4.92. The van der Waals surface area contributed by atoms with Gasteiger partial charge in [0, 0.05) is 17.2 Å². The highest BCUT2D eigenvalue weighted by molar-refractivity contribution is 5.85. The van der Waals surface area contributed by atoms with E-state index >= 15 is 0 Å². The number of hydrogen-bond acceptors (Lipinski definition) is 5. The van der Waals surface area contributed by atoms with Crippen LogP contribution in [0.15, 0.2) is 47.6 Å². The SMILES string of the molecule is COc1cc(OC)c(OC)cc1C=NN1CC[NH+](Cc2ccccc2)CC1. The lowest BCUT2D eigenvalue weighted by Crippen LogP contribution is -3.13. The van der Waals surface area contributed by atoms with E-state index in [4.69, 9.17) is 14.2 Å². The predicted molar refractivity (Wildman–Crippen MR) is 106 cm³/mol. The van der Waals surface area contributed by atoms with Crippen molar-refractivity contribution in [2.75, 3.05) is 47.5 Å². The molecular weight excluding hydrogens is 342 g/mol. The van der Waals surface area contributed by atoms with Gasteiger partial charge in [-0.05, 0) is 6.07 Å². The molecule has 144 valence electrons. The summed E-state index contributed by atoms with van der Waals surface area (Å²) >= 11 is 0. The molecule has 0 saturated carbocycles. The van der Waals surface area contributed by atoms with Crippen LogP contribution in [-0.4, -0.2) is 58.7 Å². The van der Waals surface area contributed by atoms with Crippen molar-refractivity contribution >= 4 is 6.21 Å². The van der Waals surface area contributed by atoms with Crippen LogP contribution in [-0.2, 0) is 6.54 Å². The zero-order chi connectivity index (χ0) is 19.1. The molecule has 0 spiro atoms. The molecular formula is C21H28N3O3+. The van der Waals surface area contributed by atoms with Crippen LogP contribution in [0.5, 0.6) is 17.2 Å². The fourth-order valence-electron chi connectivity index (χ4n) is 3.29. The van der Waals surface area contributed by atoms with Crippen molar-refractivity contribution in [2.45, 2.75) is 6.54 Å². The van der Waals surface area contributed by atoms with Gasteiger partial charge < -0.3 is 19.1 Å². The van der Waals surface area contributed by atoms with Crippen molar-refractivity contribution in [3.8, 4) is 17.2 Å². The average Bonchev–Trinajstić information content (AvgIpc) is 2.73. The van der Waals surface area contributed by atoms with Crippen molar-refractivity contribution in [2.24, 2.45) is 5.10 Å². The van der Waals surface area contributed by atoms with Crippen LogP contribution in [0.25, 0.3) is 0 Å². The highest BCUT2D eigenvalue weighted by atomic mass is 16.5. The molecule has 27 heavy (non-hydrogen) atoms. The Hall–Kier alpha value is -2.73. The standard InChI is InChI=1S/C21H27N3O3/c1-25-19-14-21(27-3)20(26-2)13-18(19)15-22-24-11-9-23(10-12-24)16-17-7-5-4-6-8-17/h4-8,13-15H,9-12,16H2,1-3H3/p+1. The minimum Gasteiger partial charge on any atom is -0.496 e. The Morgan fingerprint density at radius 2 is 1.56 bits per heavy atom. The molecule has 0 unspecified atom stereocenters. The monoisotopic (exact) mass is 370 g/mol. The third-order valence-corrected chi connectivity index (χ3v) is 4.84. The second-order valence-electron chi connectivity index (χ2n) is 6.56. The number of methoxy groups -OCH3 is 3. The van der Waals surface area contributed by atoms with Crippen LogP contribution in [0.4, 0.5) is 0 Å². The molecule has 1 saturated heterocycles. The maximum absolute atomic E-state index is 5.46. The summed E-state index contributed by atoms with van der Waals surface area (Å²) in [6.07, 6.45) is 1.84. The van der Waals surface area contributed by atoms with Gasteiger partial charge in [-0.3, -0.25) is 5.01 Å². The largest absolute Gasteiger partial charge is 0.496 e. The maximum atomic E-state index is 5.46. The van der Waals surface area contributed by atoms with Crippen molar-refractivity contribution in [3.63, 3.8) is 0 Å². The summed E-state index contributed by atoms with van der Waals surface area (Å²) in [6, 6.07) is 14.4. The average molecular weight is 370 g/mol. The highest BCUT2D eigenvalue weighted by Crippen LogP contribution is 2.33. The van der Waals surface area contributed by atoms with Crippen molar-refractivity contribution in [3.05, 3.63) is 53.6 Å². The molecule has 0 aromatic heterocycles. The first kappa shape index (κ1) is 19.0. The predicted octanol–water partition coefficient (Wildman–Crippen LogP) is 1.45. The van der Waals surface area contributed by atoms with E-state index in [-0.39, 0.29) is 0 Å². The summed E-state index contributed by atoms with van der Waals surface area (Å²) in [7, 11) is 4.88. The smallest absolute Gasteiger partial charge is 0.164 e. The number of nitrogens with zero attached hydrogens (tertiary/aromatic N) is 2. The van der Waals surface area contributed by atoms with Gasteiger partial charge >= 0.3 is 0 Å². The Kier molecular flexibility index (Phi) is 6.54. The first-order valence-corrected chi connectivity index (χ1v) is 9.20. The summed E-state index contributed by atoms with van der Waals surface area (Å²) in [4.78, 5) is 1.59. The summed E-state index contributed by atoms with van der Waals surface area (Å²) < 4.78 is 16.2. The number of ether oxygens (including phenoxy) is 3. The van der Waals surface area contributed by atoms with Gasteiger partial charge in [0.2, 0.25) is 0 Å². The van der Waals surface area contributed by atoms with Gasteiger partial charge in [-0.15, -0.1) is 0 Å². The number of hydrogen-bond donors (Lipinski definition) is 1. The molecule has 0 aliphatic carbocycles. The lowest BCUT2D eigenvalue weighted by atomic mass is 10.2. The summed E-state index contributed by atoms with van der Waals surface area (Å²) in [5.74, 6) is 2.02. The van der Waals surface area contributed by atoms with E-state index in [0.29, 0.717) is 17.2 Å². The van der Waals surface area contributed by atoms with E-state index in [9.17, 15) is 0 Å². The molecule has 2 aromatic rings. The van der Waals surface area contributed by atoms with Crippen molar-refractivity contribution in [1.82, 2.24) is 5.01 Å². The molecule has 0 amide bonds. The van der Waals surface area contributed by atoms with E-state index < -0.39 is 0 Å². The Labute approximate surface area is 160 Å². The Balaban J connectivity index is 1.60. The van der Waals surface area contributed by atoms with Gasteiger partial charge in [0.1, 0.15) is 12.3 Å². The fraction of sp³-hybridized carbons (Fsp3) is 0.381. The molecule has 2 aromatic carbocycles. The minimum absolute atomic E-state index is 0.643. The number of quaternary nitrogens is 1. The molecule has 0 atom stereocenters. The number of piperazine rings is 1. The Morgan fingerprint density at radius 3 is 2.19 bits per heavy atom. The zero-order valence-corrected chi connectivity index (χ0v) is 16.3. The second kappa shape index (κ2) is 9.28. The third-order valence-electron chi connectivity index (χ3n) is 4.84. The minimum atomic E-state index is 0.643. The molecule has 1 N–H and O–H groups in total. The summed E-state index contributed by atoms with van der Waals surface area (Å²) in [5, 5.41) is 6.77. The normalized spacial score (nSPS) is 15.1. The van der Waals surface area contributed by atoms with Crippen LogP contribution < -0.4 is 19.1 Å². The molecule has 6 nitrogen and oxygen atoms in total. The van der Waals surface area contributed by atoms with Crippen LogP contribution in [0, 0.1) is 0 Å². The lowest BCUT2D eigenvalue weighted by molar-refractivity contribution is -0.918. The number of benzene rings is 2. The molecule has 3 rings (SSSR count). The molecule has 1 heterocycles. The fourth-order valence-corrected chi connectivity index (χ4v) is 3.29. The van der Waals surface area contributed by atoms with Crippen molar-refractivity contribution < 1.29 is 19.1 Å². The van der Waals surface area contributed by atoms with Gasteiger partial charge in [0.15, 0.2) is 11.5 Å². The molecule has 6 heteroatoms. The lowest BCUT2D eigenvalue weighted by Gasteiger charge is -2.30. The zero-order valence-electron chi connectivity index (χ0n) is 16.3. The first-order valence-electron chi connectivity index (χ1n) is 9.20. The first-order chi connectivity index (χ1) is 13.2. The van der Waals surface area contributed by atoms with Gasteiger partial charge in [0.25, 0.3) is 0 Å². The Morgan fingerprint density at radius 1 is 0.926 bits per heavy atom. The van der Waals surface area contributed by atoms with E-state index in [2.05, 4.69) is 40.4 Å². The van der Waals surface area contributed by atoms with Crippen molar-refractivity contribution in [1.29, 1.82) is 0 Å². The van der Waals surface area contributed by atoms with E-state index in [1.165, 1.54) is 5.56 Å². The highest BCUT2D eigenvalue weighted by Gasteiger charge is 2.19. The Bertz CT molecular complexity index is 757. The molecule has 1 fully saturated rings. The van der Waals surface area contributed by atoms with Gasteiger partial charge in [-0.2, -0.15) is 5.10 Å². The summed E-state index contributed by atoms with van der Waals surface area (Å²) in [6.45, 7) is 5.11. The quantitative estimate of drug-likeness (QED) is 0.750. The van der Waals surface area contributed by atoms with E-state index in [1.54, 1.807) is 26.2 Å². The van der Waals surface area contributed by atoms with Gasteiger partial charge in [0.05, 0.1) is 53.7 Å². The summed E-state index contributed by atoms with van der Waals surface area (Å²) in [5.41, 5.74) is 2.26.